The normalized spacial score (nSPS) is 12.6. The minimum absolute atomic E-state index is 0.0552. The predicted octanol–water partition coefficient (Wildman–Crippen LogP) is 2.97. The second kappa shape index (κ2) is 7.74. The summed E-state index contributed by atoms with van der Waals surface area (Å²) in [6, 6.07) is 18.4. The summed E-state index contributed by atoms with van der Waals surface area (Å²) in [5.74, 6) is 0. The summed E-state index contributed by atoms with van der Waals surface area (Å²) in [6.07, 6.45) is 0.398. The first-order chi connectivity index (χ1) is 12.2. The summed E-state index contributed by atoms with van der Waals surface area (Å²) in [4.78, 5) is 11.5. The van der Waals surface area contributed by atoms with E-state index in [1.807, 2.05) is 60.7 Å². The van der Waals surface area contributed by atoms with Gasteiger partial charge in [0.2, 0.25) is 0 Å². The molecule has 1 atom stereocenters. The van der Waals surface area contributed by atoms with Gasteiger partial charge in [-0.25, -0.2) is 5.10 Å². The highest BCUT2D eigenvalue weighted by atomic mass is 35.5. The van der Waals surface area contributed by atoms with E-state index in [2.05, 4.69) is 20.7 Å². The van der Waals surface area contributed by atoms with E-state index < -0.39 is 11.7 Å². The average molecular weight is 355 g/mol. The van der Waals surface area contributed by atoms with Crippen molar-refractivity contribution in [1.82, 2.24) is 10.2 Å². The first-order valence-electron chi connectivity index (χ1n) is 7.52. The highest BCUT2D eigenvalue weighted by molar-refractivity contribution is 6.32. The number of hydrazone groups is 1. The minimum Gasteiger partial charge on any atom is -0.382 e. The molecule has 0 radical (unpaired) electrons. The van der Waals surface area contributed by atoms with Crippen LogP contribution in [0.4, 0.5) is 5.69 Å². The molecule has 126 valence electrons. The number of aromatic nitrogens is 2. The van der Waals surface area contributed by atoms with Crippen LogP contribution in [0.3, 0.4) is 0 Å². The number of anilines is 1. The summed E-state index contributed by atoms with van der Waals surface area (Å²) >= 11 is 5.94. The fourth-order valence-electron chi connectivity index (χ4n) is 2.27. The Morgan fingerprint density at radius 2 is 1.76 bits per heavy atom. The van der Waals surface area contributed by atoms with Crippen molar-refractivity contribution in [3.05, 3.63) is 93.4 Å². The lowest BCUT2D eigenvalue weighted by atomic mass is 9.99. The van der Waals surface area contributed by atoms with Crippen LogP contribution in [-0.2, 0) is 0 Å². The maximum absolute atomic E-state index is 11.5. The molecule has 7 heteroatoms. The number of nitrogens with one attached hydrogen (secondary N) is 2. The fraction of sp³-hybridized carbons (Fsp3) is 0.0556. The number of H-pyrrole nitrogens is 1. The first kappa shape index (κ1) is 16.9. The van der Waals surface area contributed by atoms with Crippen molar-refractivity contribution >= 4 is 23.0 Å². The van der Waals surface area contributed by atoms with E-state index in [1.54, 1.807) is 0 Å². The Morgan fingerprint density at radius 3 is 2.44 bits per heavy atom. The highest BCUT2D eigenvalue weighted by Crippen LogP contribution is 2.21. The van der Waals surface area contributed by atoms with Gasteiger partial charge in [0.25, 0.3) is 5.56 Å². The average Bonchev–Trinajstić information content (AvgIpc) is 2.66. The highest BCUT2D eigenvalue weighted by Gasteiger charge is 2.17. The zero-order chi connectivity index (χ0) is 17.6. The molecule has 0 aliphatic rings. The van der Waals surface area contributed by atoms with Crippen molar-refractivity contribution in [2.45, 2.75) is 6.10 Å². The molecule has 0 spiro atoms. The molecule has 1 aromatic heterocycles. The lowest BCUT2D eigenvalue weighted by molar-refractivity contribution is 0.248. The van der Waals surface area contributed by atoms with Gasteiger partial charge < -0.3 is 5.11 Å². The summed E-state index contributed by atoms with van der Waals surface area (Å²) in [5.41, 5.74) is 4.27. The fourth-order valence-corrected chi connectivity index (χ4v) is 2.40. The van der Waals surface area contributed by atoms with Crippen LogP contribution < -0.4 is 11.0 Å². The Kier molecular flexibility index (Phi) is 5.23. The van der Waals surface area contributed by atoms with Gasteiger partial charge in [-0.2, -0.15) is 10.2 Å². The van der Waals surface area contributed by atoms with E-state index in [0.717, 1.165) is 5.56 Å². The molecule has 25 heavy (non-hydrogen) atoms. The van der Waals surface area contributed by atoms with E-state index in [0.29, 0.717) is 11.3 Å². The zero-order valence-corrected chi connectivity index (χ0v) is 13.8. The third-order valence-corrected chi connectivity index (χ3v) is 3.91. The van der Waals surface area contributed by atoms with Crippen LogP contribution in [0.25, 0.3) is 0 Å². The molecule has 0 bridgehead atoms. The molecule has 0 amide bonds. The van der Waals surface area contributed by atoms with E-state index in [9.17, 15) is 9.90 Å². The molecule has 0 aliphatic carbocycles. The Bertz CT molecular complexity index is 927. The van der Waals surface area contributed by atoms with E-state index in [1.165, 1.54) is 6.20 Å². The number of nitrogens with zero attached hydrogens (tertiary/aromatic N) is 2. The molecular formula is C18H15ClN4O2. The summed E-state index contributed by atoms with van der Waals surface area (Å²) in [7, 11) is 0. The minimum atomic E-state index is -0.954. The molecule has 3 aromatic rings. The van der Waals surface area contributed by atoms with Crippen LogP contribution in [0.2, 0.25) is 5.02 Å². The number of halogens is 1. The molecule has 0 fully saturated rings. The number of rotatable bonds is 5. The van der Waals surface area contributed by atoms with Crippen LogP contribution in [-0.4, -0.2) is 21.0 Å². The molecule has 1 unspecified atom stereocenters. The Morgan fingerprint density at radius 1 is 1.12 bits per heavy atom. The summed E-state index contributed by atoms with van der Waals surface area (Å²) in [5, 5.41) is 20.9. The van der Waals surface area contributed by atoms with Gasteiger partial charge in [0, 0.05) is 5.56 Å². The van der Waals surface area contributed by atoms with Gasteiger partial charge in [0.15, 0.2) is 0 Å². The first-order valence-corrected chi connectivity index (χ1v) is 7.90. The molecule has 0 saturated carbocycles. The quantitative estimate of drug-likeness (QED) is 0.485. The molecule has 3 rings (SSSR count). The lowest BCUT2D eigenvalue weighted by Crippen LogP contribution is -2.16. The van der Waals surface area contributed by atoms with Crippen LogP contribution in [0.1, 0.15) is 17.2 Å². The Balaban J connectivity index is 1.99. The van der Waals surface area contributed by atoms with Crippen LogP contribution in [0.5, 0.6) is 0 Å². The molecule has 0 aliphatic heterocycles. The van der Waals surface area contributed by atoms with Crippen molar-refractivity contribution in [2.24, 2.45) is 5.10 Å². The summed E-state index contributed by atoms with van der Waals surface area (Å²) < 4.78 is 0. The second-order valence-electron chi connectivity index (χ2n) is 5.21. The van der Waals surface area contributed by atoms with Crippen molar-refractivity contribution in [3.63, 3.8) is 0 Å². The topological polar surface area (TPSA) is 90.4 Å². The smallest absolute Gasteiger partial charge is 0.285 e. The van der Waals surface area contributed by atoms with Gasteiger partial charge >= 0.3 is 0 Å². The van der Waals surface area contributed by atoms with Gasteiger partial charge in [-0.3, -0.25) is 10.2 Å². The van der Waals surface area contributed by atoms with Gasteiger partial charge in [0.1, 0.15) is 22.5 Å². The molecular weight excluding hydrogens is 340 g/mol. The van der Waals surface area contributed by atoms with Gasteiger partial charge in [0.05, 0.1) is 6.20 Å². The van der Waals surface area contributed by atoms with E-state index >= 15 is 0 Å². The number of aromatic amines is 1. The molecule has 0 saturated heterocycles. The molecule has 1 heterocycles. The van der Waals surface area contributed by atoms with E-state index in [-0.39, 0.29) is 10.7 Å². The standard InChI is InChI=1S/C18H15ClN4O2/c19-15-14(11-20-23-18(15)25)21-22-16(12-7-3-1-4-8-12)17(24)13-9-5-2-6-10-13/h1-11,17,24H,(H2,21,23,25). The lowest BCUT2D eigenvalue weighted by Gasteiger charge is -2.15. The van der Waals surface area contributed by atoms with Crippen molar-refractivity contribution in [1.29, 1.82) is 0 Å². The molecule has 6 nitrogen and oxygen atoms in total. The molecule has 2 aromatic carbocycles. The zero-order valence-electron chi connectivity index (χ0n) is 13.1. The maximum atomic E-state index is 11.5. The number of aliphatic hydroxyl groups is 1. The van der Waals surface area contributed by atoms with Gasteiger partial charge in [-0.15, -0.1) is 0 Å². The Hall–Kier alpha value is -2.96. The van der Waals surface area contributed by atoms with Gasteiger partial charge in [-0.1, -0.05) is 72.3 Å². The molecule has 3 N–H and O–H groups in total. The van der Waals surface area contributed by atoms with Crippen molar-refractivity contribution < 1.29 is 5.11 Å². The van der Waals surface area contributed by atoms with Crippen LogP contribution in [0.15, 0.2) is 76.8 Å². The number of aliphatic hydroxyl groups excluding tert-OH is 1. The van der Waals surface area contributed by atoms with Crippen LogP contribution >= 0.6 is 11.6 Å². The SMILES string of the molecule is O=c1[nH]ncc(NN=C(c2ccccc2)C(O)c2ccccc2)c1Cl. The second-order valence-corrected chi connectivity index (χ2v) is 5.59. The Labute approximate surface area is 148 Å². The van der Waals surface area contributed by atoms with Crippen LogP contribution in [0, 0.1) is 0 Å². The predicted molar refractivity (Wildman–Crippen MR) is 97.9 cm³/mol. The van der Waals surface area contributed by atoms with Crippen molar-refractivity contribution in [3.8, 4) is 0 Å². The van der Waals surface area contributed by atoms with Crippen molar-refractivity contribution in [2.75, 3.05) is 5.43 Å². The number of hydrogen-bond acceptors (Lipinski definition) is 5. The number of hydrogen-bond donors (Lipinski definition) is 3. The third-order valence-electron chi connectivity index (χ3n) is 3.54. The van der Waals surface area contributed by atoms with E-state index in [4.69, 9.17) is 11.6 Å². The summed E-state index contributed by atoms with van der Waals surface area (Å²) in [6.45, 7) is 0. The largest absolute Gasteiger partial charge is 0.382 e. The van der Waals surface area contributed by atoms with Gasteiger partial charge in [-0.05, 0) is 5.56 Å². The monoisotopic (exact) mass is 354 g/mol. The maximum Gasteiger partial charge on any atom is 0.285 e. The third kappa shape index (κ3) is 3.93. The number of benzene rings is 2.